The predicted molar refractivity (Wildman–Crippen MR) is 88.4 cm³/mol. The van der Waals surface area contributed by atoms with Gasteiger partial charge in [0, 0.05) is 32.1 Å². The summed E-state index contributed by atoms with van der Waals surface area (Å²) in [6.45, 7) is 3.63. The fourth-order valence-electron chi connectivity index (χ4n) is 3.07. The molecule has 5 heteroatoms. The van der Waals surface area contributed by atoms with Gasteiger partial charge in [0.05, 0.1) is 5.92 Å². The van der Waals surface area contributed by atoms with Crippen molar-refractivity contribution < 1.29 is 9.59 Å². The van der Waals surface area contributed by atoms with Crippen molar-refractivity contribution in [3.8, 4) is 0 Å². The number of rotatable bonds is 6. The van der Waals surface area contributed by atoms with E-state index in [1.54, 1.807) is 4.90 Å². The van der Waals surface area contributed by atoms with E-state index in [4.69, 9.17) is 5.73 Å². The molecule has 1 heterocycles. The van der Waals surface area contributed by atoms with Gasteiger partial charge in [0.1, 0.15) is 0 Å². The monoisotopic (exact) mass is 315 g/mol. The number of hydrogen-bond donors (Lipinski definition) is 2. The first-order chi connectivity index (χ1) is 11.0. The zero-order chi connectivity index (χ0) is 16.4. The lowest BCUT2D eigenvalue weighted by Gasteiger charge is -2.17. The summed E-state index contributed by atoms with van der Waals surface area (Å²) in [5.41, 5.74) is 8.30. The molecule has 23 heavy (non-hydrogen) atoms. The molecule has 3 rings (SSSR count). The molecule has 0 spiro atoms. The SMILES string of the molecule is Cc1ccc(CN2CC(C(=O)NCC(N)C3CC3)CC2=O)cc1. The second kappa shape index (κ2) is 6.71. The summed E-state index contributed by atoms with van der Waals surface area (Å²) in [7, 11) is 0. The van der Waals surface area contributed by atoms with Crippen LogP contribution in [0.1, 0.15) is 30.4 Å². The van der Waals surface area contributed by atoms with Crippen LogP contribution in [0.2, 0.25) is 0 Å². The average Bonchev–Trinajstić information content (AvgIpc) is 3.32. The highest BCUT2D eigenvalue weighted by atomic mass is 16.2. The lowest BCUT2D eigenvalue weighted by Crippen LogP contribution is -2.41. The molecule has 1 aliphatic heterocycles. The normalized spacial score (nSPS) is 22.3. The summed E-state index contributed by atoms with van der Waals surface area (Å²) >= 11 is 0. The second-order valence-corrected chi connectivity index (χ2v) is 6.91. The Morgan fingerprint density at radius 2 is 2.04 bits per heavy atom. The molecule has 2 aliphatic rings. The van der Waals surface area contributed by atoms with Crippen LogP contribution < -0.4 is 11.1 Å². The molecule has 1 aromatic rings. The Morgan fingerprint density at radius 1 is 1.35 bits per heavy atom. The van der Waals surface area contributed by atoms with E-state index in [1.807, 2.05) is 31.2 Å². The van der Waals surface area contributed by atoms with E-state index in [9.17, 15) is 9.59 Å². The molecule has 1 saturated heterocycles. The minimum absolute atomic E-state index is 0.0409. The maximum Gasteiger partial charge on any atom is 0.225 e. The number of carbonyl (C=O) groups excluding carboxylic acids is 2. The summed E-state index contributed by atoms with van der Waals surface area (Å²) in [4.78, 5) is 26.1. The number of aryl methyl sites for hydroxylation is 1. The first-order valence-electron chi connectivity index (χ1n) is 8.39. The van der Waals surface area contributed by atoms with E-state index in [2.05, 4.69) is 5.32 Å². The van der Waals surface area contributed by atoms with Gasteiger partial charge < -0.3 is 16.0 Å². The molecule has 0 bridgehead atoms. The molecular formula is C18H25N3O2. The van der Waals surface area contributed by atoms with Crippen LogP contribution in [0.25, 0.3) is 0 Å². The summed E-state index contributed by atoms with van der Waals surface area (Å²) in [6, 6.07) is 8.20. The third kappa shape index (κ3) is 4.10. The lowest BCUT2D eigenvalue weighted by atomic mass is 10.1. The van der Waals surface area contributed by atoms with Crippen LogP contribution in [0, 0.1) is 18.8 Å². The zero-order valence-corrected chi connectivity index (χ0v) is 13.6. The van der Waals surface area contributed by atoms with Crippen molar-refractivity contribution in [2.75, 3.05) is 13.1 Å². The quantitative estimate of drug-likeness (QED) is 0.828. The minimum Gasteiger partial charge on any atom is -0.354 e. The van der Waals surface area contributed by atoms with Gasteiger partial charge in [-0.25, -0.2) is 0 Å². The molecule has 0 aromatic heterocycles. The van der Waals surface area contributed by atoms with Gasteiger partial charge in [-0.1, -0.05) is 29.8 Å². The van der Waals surface area contributed by atoms with Crippen molar-refractivity contribution in [2.24, 2.45) is 17.6 Å². The maximum atomic E-state index is 12.2. The molecule has 0 radical (unpaired) electrons. The van der Waals surface area contributed by atoms with E-state index in [0.717, 1.165) is 5.56 Å². The van der Waals surface area contributed by atoms with E-state index < -0.39 is 0 Å². The number of amides is 2. The molecule has 2 unspecified atom stereocenters. The number of nitrogens with one attached hydrogen (secondary N) is 1. The van der Waals surface area contributed by atoms with Crippen LogP contribution in [0.15, 0.2) is 24.3 Å². The average molecular weight is 315 g/mol. The van der Waals surface area contributed by atoms with Gasteiger partial charge in [0.25, 0.3) is 0 Å². The molecule has 2 atom stereocenters. The Hall–Kier alpha value is -1.88. The van der Waals surface area contributed by atoms with Crippen molar-refractivity contribution in [1.82, 2.24) is 10.2 Å². The summed E-state index contributed by atoms with van der Waals surface area (Å²) in [5, 5.41) is 2.92. The van der Waals surface area contributed by atoms with E-state index in [0.29, 0.717) is 32.0 Å². The predicted octanol–water partition coefficient (Wildman–Crippen LogP) is 1.20. The summed E-state index contributed by atoms with van der Waals surface area (Å²) in [5.74, 6) is 0.330. The highest BCUT2D eigenvalue weighted by molar-refractivity contribution is 5.89. The van der Waals surface area contributed by atoms with Gasteiger partial charge in [-0.15, -0.1) is 0 Å². The number of benzene rings is 1. The topological polar surface area (TPSA) is 75.4 Å². The highest BCUT2D eigenvalue weighted by Crippen LogP contribution is 2.31. The molecule has 1 aromatic carbocycles. The van der Waals surface area contributed by atoms with Crippen LogP contribution in [-0.2, 0) is 16.1 Å². The lowest BCUT2D eigenvalue weighted by molar-refractivity contribution is -0.129. The fraction of sp³-hybridized carbons (Fsp3) is 0.556. The Morgan fingerprint density at radius 3 is 2.70 bits per heavy atom. The van der Waals surface area contributed by atoms with Gasteiger partial charge in [-0.05, 0) is 31.2 Å². The molecule has 5 nitrogen and oxygen atoms in total. The maximum absolute atomic E-state index is 12.2. The summed E-state index contributed by atoms with van der Waals surface area (Å²) in [6.07, 6.45) is 2.64. The first kappa shape index (κ1) is 16.0. The number of hydrogen-bond acceptors (Lipinski definition) is 3. The van der Waals surface area contributed by atoms with Crippen molar-refractivity contribution in [2.45, 2.75) is 38.8 Å². The number of nitrogens with zero attached hydrogens (tertiary/aromatic N) is 1. The molecule has 2 fully saturated rings. The molecule has 1 aliphatic carbocycles. The molecule has 2 amide bonds. The fourth-order valence-corrected chi connectivity index (χ4v) is 3.07. The number of nitrogens with two attached hydrogens (primary N) is 1. The third-order valence-corrected chi connectivity index (χ3v) is 4.82. The zero-order valence-electron chi connectivity index (χ0n) is 13.6. The Bertz CT molecular complexity index is 580. The molecule has 3 N–H and O–H groups in total. The van der Waals surface area contributed by atoms with Gasteiger partial charge in [-0.3, -0.25) is 9.59 Å². The van der Waals surface area contributed by atoms with Crippen LogP contribution in [0.5, 0.6) is 0 Å². The van der Waals surface area contributed by atoms with Crippen LogP contribution in [0.3, 0.4) is 0 Å². The third-order valence-electron chi connectivity index (χ3n) is 4.82. The van der Waals surface area contributed by atoms with Crippen LogP contribution >= 0.6 is 0 Å². The number of likely N-dealkylation sites (tertiary alicyclic amines) is 1. The first-order valence-corrected chi connectivity index (χ1v) is 8.39. The minimum atomic E-state index is -0.251. The number of carbonyl (C=O) groups is 2. The van der Waals surface area contributed by atoms with E-state index >= 15 is 0 Å². The van der Waals surface area contributed by atoms with E-state index in [1.165, 1.54) is 18.4 Å². The van der Waals surface area contributed by atoms with Crippen molar-refractivity contribution in [3.05, 3.63) is 35.4 Å². The standard InChI is InChI=1S/C18H25N3O2/c1-12-2-4-13(5-3-12)10-21-11-15(8-17(21)22)18(23)20-9-16(19)14-6-7-14/h2-5,14-16H,6-11,19H2,1H3,(H,20,23). The Kier molecular flexibility index (Phi) is 4.66. The van der Waals surface area contributed by atoms with Gasteiger partial charge in [-0.2, -0.15) is 0 Å². The summed E-state index contributed by atoms with van der Waals surface area (Å²) < 4.78 is 0. The van der Waals surface area contributed by atoms with Crippen LogP contribution in [0.4, 0.5) is 0 Å². The molecule has 124 valence electrons. The molecule has 1 saturated carbocycles. The van der Waals surface area contributed by atoms with Crippen molar-refractivity contribution in [3.63, 3.8) is 0 Å². The van der Waals surface area contributed by atoms with Gasteiger partial charge in [0.2, 0.25) is 11.8 Å². The largest absolute Gasteiger partial charge is 0.354 e. The smallest absolute Gasteiger partial charge is 0.225 e. The van der Waals surface area contributed by atoms with Gasteiger partial charge in [0.15, 0.2) is 0 Å². The van der Waals surface area contributed by atoms with Gasteiger partial charge >= 0.3 is 0 Å². The Labute approximate surface area is 137 Å². The molecular weight excluding hydrogens is 290 g/mol. The van der Waals surface area contributed by atoms with Crippen molar-refractivity contribution in [1.29, 1.82) is 0 Å². The van der Waals surface area contributed by atoms with E-state index in [-0.39, 0.29) is 23.8 Å². The Balaban J connectivity index is 1.49. The van der Waals surface area contributed by atoms with Crippen molar-refractivity contribution >= 4 is 11.8 Å². The highest BCUT2D eigenvalue weighted by Gasteiger charge is 2.35. The second-order valence-electron chi connectivity index (χ2n) is 6.91. The van der Waals surface area contributed by atoms with Crippen LogP contribution in [-0.4, -0.2) is 35.8 Å².